The minimum Gasteiger partial charge on any atom is -0.304 e. The second-order valence-electron chi connectivity index (χ2n) is 7.68. The van der Waals surface area contributed by atoms with Gasteiger partial charge in [0, 0.05) is 17.4 Å². The van der Waals surface area contributed by atoms with Crippen molar-refractivity contribution in [1.29, 1.82) is 0 Å². The monoisotopic (exact) mass is 415 g/mol. The van der Waals surface area contributed by atoms with Crippen LogP contribution in [-0.2, 0) is 11.3 Å². The van der Waals surface area contributed by atoms with Gasteiger partial charge in [-0.25, -0.2) is 4.98 Å². The van der Waals surface area contributed by atoms with E-state index in [1.54, 1.807) is 11.8 Å². The van der Waals surface area contributed by atoms with Crippen LogP contribution >= 0.6 is 0 Å². The van der Waals surface area contributed by atoms with E-state index in [9.17, 15) is 9.59 Å². The number of anilines is 1. The molecular weight excluding hydrogens is 390 g/mol. The maximum atomic E-state index is 13.7. The molecule has 2 aromatic carbocycles. The van der Waals surface area contributed by atoms with Crippen LogP contribution in [0, 0.1) is 13.8 Å². The number of aromatic nitrogens is 4. The summed E-state index contributed by atoms with van der Waals surface area (Å²) >= 11 is 0. The molecule has 0 aliphatic rings. The molecule has 0 fully saturated rings. The molecule has 0 spiro atoms. The Morgan fingerprint density at radius 2 is 1.84 bits per heavy atom. The fraction of sp³-hybridized carbons (Fsp3) is 0.250. The normalized spacial score (nSPS) is 12.1. The Balaban J connectivity index is 1.75. The molecule has 0 unspecified atom stereocenters. The van der Waals surface area contributed by atoms with Crippen LogP contribution in [0.1, 0.15) is 41.9 Å². The molecule has 1 amide bonds. The second-order valence-corrected chi connectivity index (χ2v) is 7.68. The Labute approximate surface area is 180 Å². The van der Waals surface area contributed by atoms with E-state index >= 15 is 0 Å². The van der Waals surface area contributed by atoms with E-state index in [4.69, 9.17) is 0 Å². The molecule has 0 aliphatic heterocycles. The van der Waals surface area contributed by atoms with Gasteiger partial charge in [0.25, 0.3) is 11.3 Å². The van der Waals surface area contributed by atoms with Crippen LogP contribution < -0.4 is 10.5 Å². The van der Waals surface area contributed by atoms with Gasteiger partial charge in [-0.05, 0) is 43.5 Å². The molecule has 1 atom stereocenters. The number of fused-ring (bicyclic) bond motifs is 1. The number of carbonyl (C=O) groups is 1. The lowest BCUT2D eigenvalue weighted by atomic mass is 9.94. The molecule has 158 valence electrons. The Hall–Kier alpha value is -3.74. The molecule has 0 radical (unpaired) electrons. The van der Waals surface area contributed by atoms with Gasteiger partial charge in [-0.2, -0.15) is 9.50 Å². The molecule has 4 aromatic rings. The molecular formula is C24H25N5O2. The van der Waals surface area contributed by atoms with Gasteiger partial charge in [0.15, 0.2) is 0 Å². The summed E-state index contributed by atoms with van der Waals surface area (Å²) in [6.07, 6.45) is 0.672. The van der Waals surface area contributed by atoms with Crippen molar-refractivity contribution < 1.29 is 4.79 Å². The number of nitrogens with zero attached hydrogens (tertiary/aromatic N) is 4. The summed E-state index contributed by atoms with van der Waals surface area (Å²) < 4.78 is 1.30. The van der Waals surface area contributed by atoms with Crippen LogP contribution in [0.15, 0.2) is 65.5 Å². The van der Waals surface area contributed by atoms with Gasteiger partial charge in [0.2, 0.25) is 5.91 Å². The second kappa shape index (κ2) is 8.55. The largest absolute Gasteiger partial charge is 0.304 e. The Bertz CT molecular complexity index is 1280. The van der Waals surface area contributed by atoms with Crippen molar-refractivity contribution in [3.8, 4) is 0 Å². The first-order chi connectivity index (χ1) is 15.0. The number of hydrogen-bond donors (Lipinski definition) is 1. The van der Waals surface area contributed by atoms with E-state index in [1.165, 1.54) is 10.6 Å². The lowest BCUT2D eigenvalue weighted by Gasteiger charge is -2.27. The molecule has 7 heteroatoms. The summed E-state index contributed by atoms with van der Waals surface area (Å²) in [5.41, 5.74) is 3.19. The fourth-order valence-corrected chi connectivity index (χ4v) is 3.78. The lowest BCUT2D eigenvalue weighted by Crippen LogP contribution is -2.35. The van der Waals surface area contributed by atoms with E-state index in [1.807, 2.05) is 68.4 Å². The molecule has 2 aromatic heterocycles. The van der Waals surface area contributed by atoms with Gasteiger partial charge in [0.05, 0.1) is 12.5 Å². The van der Waals surface area contributed by atoms with Crippen LogP contribution in [0.2, 0.25) is 0 Å². The zero-order chi connectivity index (χ0) is 22.0. The lowest BCUT2D eigenvalue weighted by molar-refractivity contribution is -0.120. The highest BCUT2D eigenvalue weighted by Crippen LogP contribution is 2.27. The van der Waals surface area contributed by atoms with Crippen molar-refractivity contribution in [3.05, 3.63) is 93.7 Å². The van der Waals surface area contributed by atoms with Crippen molar-refractivity contribution in [2.24, 2.45) is 0 Å². The predicted octanol–water partition coefficient (Wildman–Crippen LogP) is 3.76. The minimum absolute atomic E-state index is 0.0174. The molecule has 0 saturated heterocycles. The van der Waals surface area contributed by atoms with Crippen molar-refractivity contribution in [1.82, 2.24) is 19.6 Å². The van der Waals surface area contributed by atoms with E-state index in [0.29, 0.717) is 23.7 Å². The number of aryl methyl sites for hydroxylation is 2. The highest BCUT2D eigenvalue weighted by atomic mass is 16.2. The Morgan fingerprint density at radius 1 is 1.06 bits per heavy atom. The Morgan fingerprint density at radius 3 is 2.55 bits per heavy atom. The van der Waals surface area contributed by atoms with Crippen molar-refractivity contribution in [2.45, 2.75) is 39.7 Å². The summed E-state index contributed by atoms with van der Waals surface area (Å²) in [6, 6.07) is 19.1. The first-order valence-corrected chi connectivity index (χ1v) is 10.3. The number of hydrogen-bond acceptors (Lipinski definition) is 4. The number of amides is 1. The smallest absolute Gasteiger partial charge is 0.274 e. The number of benzene rings is 2. The number of aromatic amines is 1. The zero-order valence-electron chi connectivity index (χ0n) is 17.9. The average molecular weight is 415 g/mol. The SMILES string of the molecule is CC[C@H](C(=O)N(Cc1nc2nc(C)cc(=O)n2[nH]1)c1cccc(C)c1)c1ccccc1. The maximum absolute atomic E-state index is 13.7. The topological polar surface area (TPSA) is 83.4 Å². The quantitative estimate of drug-likeness (QED) is 0.520. The zero-order valence-corrected chi connectivity index (χ0v) is 17.9. The summed E-state index contributed by atoms with van der Waals surface area (Å²) in [7, 11) is 0. The van der Waals surface area contributed by atoms with E-state index in [-0.39, 0.29) is 23.9 Å². The molecule has 1 N–H and O–H groups in total. The number of carbonyl (C=O) groups excluding carboxylic acids is 1. The third kappa shape index (κ3) is 4.26. The van der Waals surface area contributed by atoms with Gasteiger partial charge in [-0.3, -0.25) is 14.7 Å². The first kappa shape index (κ1) is 20.5. The minimum atomic E-state index is -0.283. The maximum Gasteiger partial charge on any atom is 0.274 e. The van der Waals surface area contributed by atoms with Crippen molar-refractivity contribution >= 4 is 17.4 Å². The molecule has 4 rings (SSSR count). The van der Waals surface area contributed by atoms with Crippen LogP contribution in [0.25, 0.3) is 5.78 Å². The van der Waals surface area contributed by atoms with Crippen molar-refractivity contribution in [2.75, 3.05) is 4.90 Å². The molecule has 31 heavy (non-hydrogen) atoms. The number of nitrogens with one attached hydrogen (secondary N) is 1. The standard InChI is InChI=1S/C24H25N5O2/c1-4-20(18-10-6-5-7-11-18)23(31)28(19-12-8-9-16(2)13-19)15-21-26-24-25-17(3)14-22(30)29(24)27-21/h5-14,20H,4,15H2,1-3H3,(H,25,26,27)/t20-/m0/s1. The summed E-state index contributed by atoms with van der Waals surface area (Å²) in [5.74, 6) is 0.491. The van der Waals surface area contributed by atoms with Gasteiger partial charge >= 0.3 is 0 Å². The summed E-state index contributed by atoms with van der Waals surface area (Å²) in [6.45, 7) is 5.96. The highest BCUT2D eigenvalue weighted by Gasteiger charge is 2.27. The average Bonchev–Trinajstić information content (AvgIpc) is 3.16. The number of rotatable bonds is 6. The first-order valence-electron chi connectivity index (χ1n) is 10.3. The Kier molecular flexibility index (Phi) is 5.66. The fourth-order valence-electron chi connectivity index (χ4n) is 3.78. The summed E-state index contributed by atoms with van der Waals surface area (Å²) in [5, 5.41) is 2.99. The van der Waals surface area contributed by atoms with E-state index < -0.39 is 0 Å². The molecule has 2 heterocycles. The highest BCUT2D eigenvalue weighted by molar-refractivity contribution is 5.98. The van der Waals surface area contributed by atoms with Gasteiger partial charge in [-0.15, -0.1) is 0 Å². The third-order valence-electron chi connectivity index (χ3n) is 5.30. The van der Waals surface area contributed by atoms with E-state index in [2.05, 4.69) is 15.1 Å². The van der Waals surface area contributed by atoms with Crippen LogP contribution in [0.3, 0.4) is 0 Å². The van der Waals surface area contributed by atoms with Crippen LogP contribution in [-0.4, -0.2) is 25.5 Å². The van der Waals surface area contributed by atoms with Gasteiger partial charge < -0.3 is 4.90 Å². The molecule has 7 nitrogen and oxygen atoms in total. The van der Waals surface area contributed by atoms with E-state index in [0.717, 1.165) is 16.8 Å². The van der Waals surface area contributed by atoms with Gasteiger partial charge in [0.1, 0.15) is 5.82 Å². The van der Waals surface area contributed by atoms with Crippen LogP contribution in [0.4, 0.5) is 5.69 Å². The number of H-pyrrole nitrogens is 1. The summed E-state index contributed by atoms with van der Waals surface area (Å²) in [4.78, 5) is 36.5. The molecule has 0 bridgehead atoms. The molecule has 0 aliphatic carbocycles. The third-order valence-corrected chi connectivity index (χ3v) is 5.30. The predicted molar refractivity (Wildman–Crippen MR) is 120 cm³/mol. The van der Waals surface area contributed by atoms with Gasteiger partial charge in [-0.1, -0.05) is 49.4 Å². The molecule has 0 saturated carbocycles. The van der Waals surface area contributed by atoms with Crippen LogP contribution in [0.5, 0.6) is 0 Å². The van der Waals surface area contributed by atoms with Crippen molar-refractivity contribution in [3.63, 3.8) is 0 Å².